The van der Waals surface area contributed by atoms with Crippen LogP contribution in [0.1, 0.15) is 56.2 Å². The molecule has 1 aliphatic carbocycles. The number of rotatable bonds is 8. The predicted molar refractivity (Wildman–Crippen MR) is 137 cm³/mol. The van der Waals surface area contributed by atoms with Crippen molar-refractivity contribution in [2.75, 3.05) is 20.8 Å². The summed E-state index contributed by atoms with van der Waals surface area (Å²) in [5.41, 5.74) is 6.28. The Bertz CT molecular complexity index is 1300. The van der Waals surface area contributed by atoms with E-state index in [4.69, 9.17) is 25.5 Å². The van der Waals surface area contributed by atoms with E-state index in [2.05, 4.69) is 15.8 Å². The van der Waals surface area contributed by atoms with E-state index in [1.54, 1.807) is 38.5 Å². The minimum absolute atomic E-state index is 0.269. The molecule has 0 bridgehead atoms. The van der Waals surface area contributed by atoms with E-state index < -0.39 is 0 Å². The number of carbonyl (C=O) groups excluding carboxylic acids is 2. The highest BCUT2D eigenvalue weighted by molar-refractivity contribution is 6.30. The van der Waals surface area contributed by atoms with Gasteiger partial charge in [0.1, 0.15) is 5.76 Å². The second kappa shape index (κ2) is 11.3. The van der Waals surface area contributed by atoms with Crippen molar-refractivity contribution in [1.82, 2.24) is 10.7 Å². The van der Waals surface area contributed by atoms with Crippen molar-refractivity contribution in [1.29, 1.82) is 0 Å². The number of fused-ring (bicyclic) bond motifs is 1. The molecule has 188 valence electrons. The molecular formula is C27H28ClN3O5. The summed E-state index contributed by atoms with van der Waals surface area (Å²) in [7, 11) is 3.18. The van der Waals surface area contributed by atoms with Crippen LogP contribution in [0.3, 0.4) is 0 Å². The molecule has 9 heteroatoms. The van der Waals surface area contributed by atoms with Gasteiger partial charge in [-0.05, 0) is 68.1 Å². The van der Waals surface area contributed by atoms with Gasteiger partial charge >= 0.3 is 0 Å². The van der Waals surface area contributed by atoms with E-state index >= 15 is 0 Å². The van der Waals surface area contributed by atoms with Gasteiger partial charge in [-0.2, -0.15) is 5.10 Å². The number of hydrogen-bond acceptors (Lipinski definition) is 6. The first-order valence-electron chi connectivity index (χ1n) is 11.7. The van der Waals surface area contributed by atoms with E-state index in [0.717, 1.165) is 17.5 Å². The molecule has 2 aromatic carbocycles. The number of ether oxygens (including phenoxy) is 2. The molecule has 0 spiro atoms. The predicted octanol–water partition coefficient (Wildman–Crippen LogP) is 4.70. The third-order valence-electron chi connectivity index (χ3n) is 6.08. The summed E-state index contributed by atoms with van der Waals surface area (Å²) in [5, 5.41) is 7.84. The molecule has 2 N–H and O–H groups in total. The lowest BCUT2D eigenvalue weighted by molar-refractivity contribution is 0.0922. The molecule has 0 saturated carbocycles. The number of nitrogens with zero attached hydrogens (tertiary/aromatic N) is 1. The van der Waals surface area contributed by atoms with Gasteiger partial charge in [-0.1, -0.05) is 17.7 Å². The van der Waals surface area contributed by atoms with E-state index in [9.17, 15) is 9.59 Å². The van der Waals surface area contributed by atoms with Gasteiger partial charge in [-0.15, -0.1) is 0 Å². The van der Waals surface area contributed by atoms with Gasteiger partial charge in [0.25, 0.3) is 11.8 Å². The number of hydrazone groups is 1. The molecule has 0 atom stereocenters. The summed E-state index contributed by atoms with van der Waals surface area (Å²) < 4.78 is 16.6. The second-order valence-corrected chi connectivity index (χ2v) is 8.85. The molecule has 3 aromatic rings. The highest BCUT2D eigenvalue weighted by Crippen LogP contribution is 2.30. The summed E-state index contributed by atoms with van der Waals surface area (Å²) in [6.45, 7) is 2.27. The number of hydrogen-bond donors (Lipinski definition) is 2. The zero-order chi connectivity index (χ0) is 25.7. The fourth-order valence-corrected chi connectivity index (χ4v) is 4.34. The van der Waals surface area contributed by atoms with Crippen LogP contribution in [-0.4, -0.2) is 38.3 Å². The van der Waals surface area contributed by atoms with Crippen molar-refractivity contribution >= 4 is 29.1 Å². The molecule has 36 heavy (non-hydrogen) atoms. The first-order valence-corrected chi connectivity index (χ1v) is 12.0. The number of benzene rings is 2. The Balaban J connectivity index is 1.43. The van der Waals surface area contributed by atoms with Crippen LogP contribution < -0.4 is 20.2 Å². The Morgan fingerprint density at radius 3 is 2.50 bits per heavy atom. The van der Waals surface area contributed by atoms with Crippen molar-refractivity contribution in [3.8, 4) is 11.5 Å². The first-order chi connectivity index (χ1) is 17.4. The third kappa shape index (κ3) is 5.54. The molecule has 4 rings (SSSR count). The summed E-state index contributed by atoms with van der Waals surface area (Å²) in [5.74, 6) is 1.66. The van der Waals surface area contributed by atoms with Crippen LogP contribution in [0.25, 0.3) is 0 Å². The van der Waals surface area contributed by atoms with Crippen LogP contribution in [0.15, 0.2) is 52.0 Å². The lowest BCUT2D eigenvalue weighted by Crippen LogP contribution is -2.26. The van der Waals surface area contributed by atoms with Crippen LogP contribution in [0.2, 0.25) is 5.02 Å². The van der Waals surface area contributed by atoms with Gasteiger partial charge in [0.15, 0.2) is 17.3 Å². The van der Waals surface area contributed by atoms with Gasteiger partial charge in [0.2, 0.25) is 0 Å². The molecule has 0 saturated heterocycles. The normalized spacial score (nSPS) is 13.7. The van der Waals surface area contributed by atoms with Gasteiger partial charge in [-0.25, -0.2) is 5.43 Å². The van der Waals surface area contributed by atoms with Crippen molar-refractivity contribution in [3.05, 3.63) is 81.3 Å². The van der Waals surface area contributed by atoms with Crippen molar-refractivity contribution in [2.24, 2.45) is 5.10 Å². The van der Waals surface area contributed by atoms with E-state index in [0.29, 0.717) is 64.9 Å². The summed E-state index contributed by atoms with van der Waals surface area (Å²) in [6, 6.07) is 12.2. The average molecular weight is 510 g/mol. The smallest absolute Gasteiger partial charge is 0.287 e. The Hall–Kier alpha value is -3.78. The largest absolute Gasteiger partial charge is 0.493 e. The van der Waals surface area contributed by atoms with Gasteiger partial charge in [0.05, 0.1) is 19.9 Å². The SMILES string of the molecule is COc1ccc(CCNC(=O)c2oc3c(c2C)/C(=N/NC(=O)c2ccc(Cl)cc2)CCC3)cc1OC. The third-order valence-corrected chi connectivity index (χ3v) is 6.33. The van der Waals surface area contributed by atoms with Crippen LogP contribution in [0.4, 0.5) is 0 Å². The Labute approximate surface area is 214 Å². The maximum atomic E-state index is 12.9. The Morgan fingerprint density at radius 1 is 1.03 bits per heavy atom. The van der Waals surface area contributed by atoms with Crippen molar-refractivity contribution in [2.45, 2.75) is 32.6 Å². The van der Waals surface area contributed by atoms with Gasteiger partial charge < -0.3 is 19.2 Å². The number of halogens is 1. The zero-order valence-corrected chi connectivity index (χ0v) is 21.2. The van der Waals surface area contributed by atoms with E-state index in [-0.39, 0.29) is 17.6 Å². The number of nitrogens with one attached hydrogen (secondary N) is 2. The van der Waals surface area contributed by atoms with Crippen molar-refractivity contribution in [3.63, 3.8) is 0 Å². The Morgan fingerprint density at radius 2 is 1.78 bits per heavy atom. The number of carbonyl (C=O) groups is 2. The van der Waals surface area contributed by atoms with Crippen LogP contribution in [0.5, 0.6) is 11.5 Å². The number of methoxy groups -OCH3 is 2. The summed E-state index contributed by atoms with van der Waals surface area (Å²) in [4.78, 5) is 25.4. The minimum Gasteiger partial charge on any atom is -0.493 e. The van der Waals surface area contributed by atoms with Crippen molar-refractivity contribution < 1.29 is 23.5 Å². The first kappa shape index (κ1) is 25.3. The van der Waals surface area contributed by atoms with E-state index in [1.807, 2.05) is 25.1 Å². The fourth-order valence-electron chi connectivity index (χ4n) is 4.22. The minimum atomic E-state index is -0.333. The van der Waals surface area contributed by atoms with Gasteiger partial charge in [-0.3, -0.25) is 9.59 Å². The quantitative estimate of drug-likeness (QED) is 0.428. The van der Waals surface area contributed by atoms with Crippen LogP contribution in [0, 0.1) is 6.92 Å². The molecule has 8 nitrogen and oxygen atoms in total. The number of aryl methyl sites for hydroxylation is 1. The molecule has 2 amide bonds. The van der Waals surface area contributed by atoms with Crippen LogP contribution in [-0.2, 0) is 12.8 Å². The standard InChI is InChI=1S/C27H28ClN3O5/c1-16-24-20(30-31-26(32)18-8-10-19(28)11-9-18)5-4-6-22(24)36-25(16)27(33)29-14-13-17-7-12-21(34-2)23(15-17)35-3/h7-12,15H,4-6,13-14H2,1-3H3,(H,29,33)(H,31,32)/b30-20+. The topological polar surface area (TPSA) is 102 Å². The molecule has 0 aliphatic heterocycles. The maximum absolute atomic E-state index is 12.9. The molecule has 1 aliphatic rings. The highest BCUT2D eigenvalue weighted by atomic mass is 35.5. The number of amides is 2. The Kier molecular flexibility index (Phi) is 7.95. The molecule has 1 heterocycles. The second-order valence-electron chi connectivity index (χ2n) is 8.41. The summed E-state index contributed by atoms with van der Waals surface area (Å²) >= 11 is 5.89. The average Bonchev–Trinajstić information content (AvgIpc) is 3.24. The lowest BCUT2D eigenvalue weighted by Gasteiger charge is -2.13. The van der Waals surface area contributed by atoms with E-state index in [1.165, 1.54) is 0 Å². The summed E-state index contributed by atoms with van der Waals surface area (Å²) in [6.07, 6.45) is 2.82. The van der Waals surface area contributed by atoms with Crippen LogP contribution >= 0.6 is 11.6 Å². The molecule has 0 unspecified atom stereocenters. The zero-order valence-electron chi connectivity index (χ0n) is 20.4. The fraction of sp³-hybridized carbons (Fsp3) is 0.296. The molecule has 0 fully saturated rings. The molecular weight excluding hydrogens is 482 g/mol. The maximum Gasteiger partial charge on any atom is 0.287 e. The van der Waals surface area contributed by atoms with Gasteiger partial charge in [0, 0.05) is 34.7 Å². The monoisotopic (exact) mass is 509 g/mol. The molecule has 1 aromatic heterocycles. The molecule has 0 radical (unpaired) electrons. The lowest BCUT2D eigenvalue weighted by atomic mass is 9.93. The highest BCUT2D eigenvalue weighted by Gasteiger charge is 2.28. The number of furan rings is 1.